The van der Waals surface area contributed by atoms with Gasteiger partial charge < -0.3 is 23.9 Å². The summed E-state index contributed by atoms with van der Waals surface area (Å²) in [7, 11) is 0. The van der Waals surface area contributed by atoms with Gasteiger partial charge in [0.15, 0.2) is 11.5 Å². The Morgan fingerprint density at radius 1 is 1.07 bits per heavy atom. The Morgan fingerprint density at radius 2 is 1.68 bits per heavy atom. The molecule has 0 radical (unpaired) electrons. The number of nitrogens with one attached hydrogen (secondary N) is 1. The van der Waals surface area contributed by atoms with E-state index >= 15 is 0 Å². The highest BCUT2D eigenvalue weighted by atomic mass is 32.2. The van der Waals surface area contributed by atoms with Crippen LogP contribution in [0.15, 0.2) is 21.8 Å². The molecule has 0 unspecified atom stereocenters. The summed E-state index contributed by atoms with van der Waals surface area (Å²) >= 11 is 1.21. The summed E-state index contributed by atoms with van der Waals surface area (Å²) in [6.07, 6.45) is 0. The SMILES string of the molecule is CCNC(=O)[C@@H](C)Sc1nnc(-c2cc(OCC)c(OCC)c(OCC)c2)o1. The first-order chi connectivity index (χ1) is 13.5. The summed E-state index contributed by atoms with van der Waals surface area (Å²) in [5, 5.41) is 10.9. The lowest BCUT2D eigenvalue weighted by molar-refractivity contribution is -0.120. The maximum absolute atomic E-state index is 11.9. The first-order valence-electron chi connectivity index (χ1n) is 9.38. The van der Waals surface area contributed by atoms with E-state index in [1.165, 1.54) is 11.8 Å². The molecule has 0 bridgehead atoms. The van der Waals surface area contributed by atoms with Crippen LogP contribution in [-0.4, -0.2) is 47.7 Å². The first kappa shape index (κ1) is 21.9. The second kappa shape index (κ2) is 10.8. The number of carbonyl (C=O) groups is 1. The van der Waals surface area contributed by atoms with Crippen LogP contribution < -0.4 is 19.5 Å². The predicted octanol–water partition coefficient (Wildman–Crippen LogP) is 3.55. The Labute approximate surface area is 169 Å². The zero-order chi connectivity index (χ0) is 20.5. The van der Waals surface area contributed by atoms with Crippen molar-refractivity contribution in [3.8, 4) is 28.7 Å². The van der Waals surface area contributed by atoms with Crippen molar-refractivity contribution in [3.63, 3.8) is 0 Å². The van der Waals surface area contributed by atoms with Crippen LogP contribution in [0, 0.1) is 0 Å². The van der Waals surface area contributed by atoms with Crippen LogP contribution in [-0.2, 0) is 4.79 Å². The van der Waals surface area contributed by atoms with E-state index in [-0.39, 0.29) is 11.2 Å². The normalized spacial score (nSPS) is 11.8. The third kappa shape index (κ3) is 5.54. The van der Waals surface area contributed by atoms with Crippen LogP contribution in [0.2, 0.25) is 0 Å². The van der Waals surface area contributed by atoms with Gasteiger partial charge in [-0.3, -0.25) is 4.79 Å². The van der Waals surface area contributed by atoms with Gasteiger partial charge in [0.2, 0.25) is 17.5 Å². The molecule has 1 aromatic heterocycles. The van der Waals surface area contributed by atoms with E-state index in [1.54, 1.807) is 19.1 Å². The smallest absolute Gasteiger partial charge is 0.277 e. The van der Waals surface area contributed by atoms with Gasteiger partial charge in [-0.2, -0.15) is 0 Å². The number of ether oxygens (including phenoxy) is 3. The zero-order valence-corrected chi connectivity index (χ0v) is 17.7. The summed E-state index contributed by atoms with van der Waals surface area (Å²) in [5.41, 5.74) is 0.653. The minimum atomic E-state index is -0.341. The van der Waals surface area contributed by atoms with Gasteiger partial charge in [-0.05, 0) is 46.8 Å². The molecule has 1 N–H and O–H groups in total. The number of thioether (sulfide) groups is 1. The minimum Gasteiger partial charge on any atom is -0.490 e. The molecular weight excluding hydrogens is 382 g/mol. The van der Waals surface area contributed by atoms with E-state index in [1.807, 2.05) is 27.7 Å². The van der Waals surface area contributed by atoms with Gasteiger partial charge in [-0.15, -0.1) is 10.2 Å². The number of amides is 1. The maximum atomic E-state index is 11.9. The fraction of sp³-hybridized carbons (Fsp3) is 0.526. The first-order valence-corrected chi connectivity index (χ1v) is 10.3. The lowest BCUT2D eigenvalue weighted by Crippen LogP contribution is -2.30. The molecule has 8 nitrogen and oxygen atoms in total. The Balaban J connectivity index is 2.31. The Kier molecular flexibility index (Phi) is 8.43. The maximum Gasteiger partial charge on any atom is 0.277 e. The van der Waals surface area contributed by atoms with Crippen molar-refractivity contribution in [2.45, 2.75) is 45.1 Å². The van der Waals surface area contributed by atoms with Crippen molar-refractivity contribution in [1.29, 1.82) is 0 Å². The zero-order valence-electron chi connectivity index (χ0n) is 16.9. The Morgan fingerprint density at radius 3 is 2.21 bits per heavy atom. The second-order valence-electron chi connectivity index (χ2n) is 5.63. The Bertz CT molecular complexity index is 754. The summed E-state index contributed by atoms with van der Waals surface area (Å²) in [6, 6.07) is 3.57. The summed E-state index contributed by atoms with van der Waals surface area (Å²) in [6.45, 7) is 11.4. The van der Waals surface area contributed by atoms with Crippen molar-refractivity contribution < 1.29 is 23.4 Å². The molecule has 1 heterocycles. The molecule has 1 aromatic carbocycles. The van der Waals surface area contributed by atoms with Gasteiger partial charge in [0, 0.05) is 12.1 Å². The standard InChI is InChI=1S/C19H27N3O5S/c1-6-20-17(23)12(5)28-19-22-21-18(27-19)13-10-14(24-7-2)16(26-9-4)15(11-13)25-8-3/h10-12H,6-9H2,1-5H3,(H,20,23)/t12-/m1/s1. The number of benzene rings is 1. The molecule has 154 valence electrons. The number of carbonyl (C=O) groups excluding carboxylic acids is 1. The van der Waals surface area contributed by atoms with Crippen LogP contribution in [0.3, 0.4) is 0 Å². The molecule has 0 fully saturated rings. The topological polar surface area (TPSA) is 95.7 Å². The number of rotatable bonds is 11. The van der Waals surface area contributed by atoms with E-state index in [0.717, 1.165) is 0 Å². The van der Waals surface area contributed by atoms with Crippen LogP contribution in [0.25, 0.3) is 11.5 Å². The number of aromatic nitrogens is 2. The highest BCUT2D eigenvalue weighted by Gasteiger charge is 2.21. The molecule has 0 aliphatic carbocycles. The number of nitrogens with zero attached hydrogens (tertiary/aromatic N) is 2. The summed E-state index contributed by atoms with van der Waals surface area (Å²) in [5.74, 6) is 1.89. The molecular formula is C19H27N3O5S. The van der Waals surface area contributed by atoms with Crippen molar-refractivity contribution in [2.75, 3.05) is 26.4 Å². The predicted molar refractivity (Wildman–Crippen MR) is 107 cm³/mol. The van der Waals surface area contributed by atoms with Crippen molar-refractivity contribution in [1.82, 2.24) is 15.5 Å². The molecule has 1 atom stereocenters. The van der Waals surface area contributed by atoms with Gasteiger partial charge in [0.25, 0.3) is 5.22 Å². The third-order valence-electron chi connectivity index (χ3n) is 3.56. The van der Waals surface area contributed by atoms with E-state index < -0.39 is 0 Å². The monoisotopic (exact) mass is 409 g/mol. The number of hydrogen-bond donors (Lipinski definition) is 1. The van der Waals surface area contributed by atoms with Crippen LogP contribution in [0.4, 0.5) is 0 Å². The van der Waals surface area contributed by atoms with Gasteiger partial charge in [-0.25, -0.2) is 0 Å². The van der Waals surface area contributed by atoms with Gasteiger partial charge in [-0.1, -0.05) is 11.8 Å². The average molecular weight is 410 g/mol. The largest absolute Gasteiger partial charge is 0.490 e. The molecule has 28 heavy (non-hydrogen) atoms. The van der Waals surface area contributed by atoms with Crippen LogP contribution in [0.5, 0.6) is 17.2 Å². The van der Waals surface area contributed by atoms with E-state index in [2.05, 4.69) is 15.5 Å². The molecule has 0 saturated heterocycles. The third-order valence-corrected chi connectivity index (χ3v) is 4.49. The molecule has 0 aliphatic rings. The van der Waals surface area contributed by atoms with Crippen molar-refractivity contribution >= 4 is 17.7 Å². The quantitative estimate of drug-likeness (QED) is 0.563. The summed E-state index contributed by atoms with van der Waals surface area (Å²) in [4.78, 5) is 11.9. The summed E-state index contributed by atoms with van der Waals surface area (Å²) < 4.78 is 22.9. The highest BCUT2D eigenvalue weighted by Crippen LogP contribution is 2.42. The molecule has 0 aliphatic heterocycles. The number of hydrogen-bond acceptors (Lipinski definition) is 8. The molecule has 2 rings (SSSR count). The van der Waals surface area contributed by atoms with E-state index in [4.69, 9.17) is 18.6 Å². The molecule has 2 aromatic rings. The van der Waals surface area contributed by atoms with Gasteiger partial charge in [0.05, 0.1) is 25.1 Å². The fourth-order valence-corrected chi connectivity index (χ4v) is 3.12. The van der Waals surface area contributed by atoms with E-state index in [0.29, 0.717) is 60.3 Å². The Hall–Kier alpha value is -2.42. The fourth-order valence-electron chi connectivity index (χ4n) is 2.41. The lowest BCUT2D eigenvalue weighted by Gasteiger charge is -2.16. The van der Waals surface area contributed by atoms with Crippen LogP contribution in [0.1, 0.15) is 34.6 Å². The van der Waals surface area contributed by atoms with Gasteiger partial charge >= 0.3 is 0 Å². The van der Waals surface area contributed by atoms with Gasteiger partial charge in [0.1, 0.15) is 0 Å². The minimum absolute atomic E-state index is 0.0782. The average Bonchev–Trinajstić information content (AvgIpc) is 3.13. The van der Waals surface area contributed by atoms with Crippen molar-refractivity contribution in [2.24, 2.45) is 0 Å². The lowest BCUT2D eigenvalue weighted by atomic mass is 10.2. The molecule has 1 amide bonds. The molecule has 9 heteroatoms. The molecule has 0 spiro atoms. The van der Waals surface area contributed by atoms with Crippen LogP contribution >= 0.6 is 11.8 Å². The van der Waals surface area contributed by atoms with E-state index in [9.17, 15) is 4.79 Å². The van der Waals surface area contributed by atoms with Crippen molar-refractivity contribution in [3.05, 3.63) is 12.1 Å². The molecule has 0 saturated carbocycles. The second-order valence-corrected chi connectivity index (χ2v) is 6.92. The highest BCUT2D eigenvalue weighted by molar-refractivity contribution is 8.00.